The predicted octanol–water partition coefficient (Wildman–Crippen LogP) is 3.35. The molecule has 4 heteroatoms. The summed E-state index contributed by atoms with van der Waals surface area (Å²) in [5, 5.41) is 8.96. The molecule has 3 nitrogen and oxygen atoms in total. The quantitative estimate of drug-likeness (QED) is 0.839. The highest BCUT2D eigenvalue weighted by atomic mass is 32.2. The molecular weight excluding hydrogens is 258 g/mol. The van der Waals surface area contributed by atoms with E-state index < -0.39 is 5.97 Å². The number of carboxylic acid groups (broad SMARTS) is 1. The first-order valence-electron chi connectivity index (χ1n) is 6.83. The van der Waals surface area contributed by atoms with Gasteiger partial charge in [-0.1, -0.05) is 12.5 Å². The van der Waals surface area contributed by atoms with E-state index >= 15 is 0 Å². The molecule has 0 radical (unpaired) electrons. The van der Waals surface area contributed by atoms with Crippen LogP contribution in [0, 0.1) is 0 Å². The average Bonchev–Trinajstić information content (AvgIpc) is 2.41. The second kappa shape index (κ2) is 6.96. The van der Waals surface area contributed by atoms with Gasteiger partial charge in [0.25, 0.3) is 0 Å². The van der Waals surface area contributed by atoms with E-state index in [1.807, 2.05) is 12.1 Å². The normalized spacial score (nSPS) is 20.4. The molecule has 0 aliphatic carbocycles. The third-order valence-electron chi connectivity index (χ3n) is 3.72. The largest absolute Gasteiger partial charge is 0.478 e. The molecular formula is C15H21NO2S. The number of piperidine rings is 1. The van der Waals surface area contributed by atoms with E-state index in [9.17, 15) is 4.79 Å². The van der Waals surface area contributed by atoms with Crippen molar-refractivity contribution in [2.24, 2.45) is 0 Å². The second-order valence-electron chi connectivity index (χ2n) is 5.10. The molecule has 104 valence electrons. The van der Waals surface area contributed by atoms with Crippen molar-refractivity contribution in [3.8, 4) is 0 Å². The summed E-state index contributed by atoms with van der Waals surface area (Å²) in [7, 11) is 2.21. The summed E-state index contributed by atoms with van der Waals surface area (Å²) in [4.78, 5) is 14.4. The molecule has 19 heavy (non-hydrogen) atoms. The molecule has 1 N–H and O–H groups in total. The topological polar surface area (TPSA) is 40.5 Å². The summed E-state index contributed by atoms with van der Waals surface area (Å²) in [6.07, 6.45) is 5.14. The zero-order chi connectivity index (χ0) is 13.7. The molecule has 1 aliphatic heterocycles. The van der Waals surface area contributed by atoms with Crippen LogP contribution in [0.1, 0.15) is 36.0 Å². The van der Waals surface area contributed by atoms with Crippen LogP contribution in [0.4, 0.5) is 0 Å². The maximum absolute atomic E-state index is 10.9. The Labute approximate surface area is 119 Å². The summed E-state index contributed by atoms with van der Waals surface area (Å²) < 4.78 is 0. The molecule has 0 amide bonds. The van der Waals surface area contributed by atoms with Gasteiger partial charge in [-0.3, -0.25) is 0 Å². The van der Waals surface area contributed by atoms with Crippen LogP contribution in [0.15, 0.2) is 29.2 Å². The average molecular weight is 279 g/mol. The molecule has 0 bridgehead atoms. The minimum absolute atomic E-state index is 0.375. The Hall–Kier alpha value is -1.00. The maximum atomic E-state index is 10.9. The first-order valence-corrected chi connectivity index (χ1v) is 7.82. The van der Waals surface area contributed by atoms with Crippen molar-refractivity contribution in [1.82, 2.24) is 4.90 Å². The molecule has 2 rings (SSSR count). The van der Waals surface area contributed by atoms with Crippen LogP contribution in [0.3, 0.4) is 0 Å². The van der Waals surface area contributed by atoms with E-state index in [0.29, 0.717) is 11.6 Å². The highest BCUT2D eigenvalue weighted by Gasteiger charge is 2.18. The van der Waals surface area contributed by atoms with Crippen LogP contribution in [0.25, 0.3) is 0 Å². The predicted molar refractivity (Wildman–Crippen MR) is 79.0 cm³/mol. The number of aromatic carboxylic acids is 1. The minimum atomic E-state index is -0.852. The van der Waals surface area contributed by atoms with Gasteiger partial charge in [0.2, 0.25) is 0 Å². The van der Waals surface area contributed by atoms with Gasteiger partial charge in [-0.2, -0.15) is 0 Å². The lowest BCUT2D eigenvalue weighted by Crippen LogP contribution is -2.36. The fourth-order valence-electron chi connectivity index (χ4n) is 2.54. The number of rotatable bonds is 5. The first-order chi connectivity index (χ1) is 9.16. The van der Waals surface area contributed by atoms with E-state index in [-0.39, 0.29) is 0 Å². The van der Waals surface area contributed by atoms with E-state index in [1.54, 1.807) is 23.9 Å². The van der Waals surface area contributed by atoms with Crippen molar-refractivity contribution in [2.75, 3.05) is 19.3 Å². The van der Waals surface area contributed by atoms with Crippen molar-refractivity contribution in [1.29, 1.82) is 0 Å². The monoisotopic (exact) mass is 279 g/mol. The number of carboxylic acids is 1. The van der Waals surface area contributed by atoms with Gasteiger partial charge in [0, 0.05) is 10.9 Å². The number of nitrogens with zero attached hydrogens (tertiary/aromatic N) is 1. The number of carbonyl (C=O) groups is 1. The molecule has 1 heterocycles. The molecule has 1 unspecified atom stereocenters. The maximum Gasteiger partial charge on any atom is 0.335 e. The second-order valence-corrected chi connectivity index (χ2v) is 6.27. The van der Waals surface area contributed by atoms with E-state index in [0.717, 1.165) is 10.6 Å². The molecule has 0 aromatic heterocycles. The number of hydrogen-bond donors (Lipinski definition) is 1. The van der Waals surface area contributed by atoms with Gasteiger partial charge < -0.3 is 10.0 Å². The lowest BCUT2D eigenvalue weighted by molar-refractivity contribution is 0.0696. The van der Waals surface area contributed by atoms with Crippen LogP contribution in [-0.4, -0.2) is 41.4 Å². The van der Waals surface area contributed by atoms with Crippen molar-refractivity contribution >= 4 is 17.7 Å². The van der Waals surface area contributed by atoms with E-state index in [2.05, 4.69) is 11.9 Å². The SMILES string of the molecule is CN1CCCCC1CCSc1cccc(C(=O)O)c1. The third kappa shape index (κ3) is 4.25. The Morgan fingerprint density at radius 3 is 3.05 bits per heavy atom. The molecule has 1 fully saturated rings. The van der Waals surface area contributed by atoms with Crippen LogP contribution in [0.2, 0.25) is 0 Å². The smallest absolute Gasteiger partial charge is 0.335 e. The molecule has 1 aromatic rings. The molecule has 1 saturated heterocycles. The lowest BCUT2D eigenvalue weighted by atomic mass is 10.0. The van der Waals surface area contributed by atoms with E-state index in [1.165, 1.54) is 32.2 Å². The van der Waals surface area contributed by atoms with Gasteiger partial charge in [0.05, 0.1) is 5.56 Å². The molecule has 1 aliphatic rings. The summed E-state index contributed by atoms with van der Waals surface area (Å²) in [5.41, 5.74) is 0.375. The Morgan fingerprint density at radius 1 is 1.47 bits per heavy atom. The first kappa shape index (κ1) is 14.4. The van der Waals surface area contributed by atoms with Crippen molar-refractivity contribution in [3.63, 3.8) is 0 Å². The van der Waals surface area contributed by atoms with Crippen LogP contribution in [-0.2, 0) is 0 Å². The van der Waals surface area contributed by atoms with Gasteiger partial charge in [-0.25, -0.2) is 4.79 Å². The number of likely N-dealkylation sites (tertiary alicyclic amines) is 1. The summed E-state index contributed by atoms with van der Waals surface area (Å²) in [6.45, 7) is 1.21. The lowest BCUT2D eigenvalue weighted by Gasteiger charge is -2.32. The Morgan fingerprint density at radius 2 is 2.32 bits per heavy atom. The van der Waals surface area contributed by atoms with E-state index in [4.69, 9.17) is 5.11 Å². The summed E-state index contributed by atoms with van der Waals surface area (Å²) in [6, 6.07) is 7.91. The Kier molecular flexibility index (Phi) is 5.28. The summed E-state index contributed by atoms with van der Waals surface area (Å²) in [5.74, 6) is 0.201. The fourth-order valence-corrected chi connectivity index (χ4v) is 3.55. The third-order valence-corrected chi connectivity index (χ3v) is 4.75. The van der Waals surface area contributed by atoms with Crippen molar-refractivity contribution in [2.45, 2.75) is 36.6 Å². The van der Waals surface area contributed by atoms with Crippen LogP contribution in [0.5, 0.6) is 0 Å². The Balaban J connectivity index is 1.82. The number of hydrogen-bond acceptors (Lipinski definition) is 3. The number of thioether (sulfide) groups is 1. The van der Waals surface area contributed by atoms with Gasteiger partial charge >= 0.3 is 5.97 Å². The molecule has 0 spiro atoms. The zero-order valence-electron chi connectivity index (χ0n) is 11.3. The molecule has 1 aromatic carbocycles. The molecule has 1 atom stereocenters. The minimum Gasteiger partial charge on any atom is -0.478 e. The zero-order valence-corrected chi connectivity index (χ0v) is 12.2. The standard InChI is InChI=1S/C15H21NO2S/c1-16-9-3-2-6-13(16)8-10-19-14-7-4-5-12(11-14)15(17)18/h4-5,7,11,13H,2-3,6,8-10H2,1H3,(H,17,18). The van der Waals surface area contributed by atoms with Crippen molar-refractivity contribution in [3.05, 3.63) is 29.8 Å². The van der Waals surface area contributed by atoms with Gasteiger partial charge in [0.1, 0.15) is 0 Å². The summed E-state index contributed by atoms with van der Waals surface area (Å²) >= 11 is 1.76. The van der Waals surface area contributed by atoms with Crippen LogP contribution >= 0.6 is 11.8 Å². The van der Waals surface area contributed by atoms with Crippen molar-refractivity contribution < 1.29 is 9.90 Å². The highest BCUT2D eigenvalue weighted by molar-refractivity contribution is 7.99. The van der Waals surface area contributed by atoms with Crippen LogP contribution < -0.4 is 0 Å². The highest BCUT2D eigenvalue weighted by Crippen LogP contribution is 2.24. The molecule has 0 saturated carbocycles. The fraction of sp³-hybridized carbons (Fsp3) is 0.533. The Bertz CT molecular complexity index is 436. The van der Waals surface area contributed by atoms with Gasteiger partial charge in [-0.05, 0) is 56.8 Å². The number of benzene rings is 1. The van der Waals surface area contributed by atoms with Gasteiger partial charge in [0.15, 0.2) is 0 Å². The van der Waals surface area contributed by atoms with Gasteiger partial charge in [-0.15, -0.1) is 11.8 Å².